The van der Waals surface area contributed by atoms with Gasteiger partial charge in [0, 0.05) is 34.4 Å². The molecule has 2 aromatic rings. The zero-order chi connectivity index (χ0) is 20.1. The molecule has 2 bridgehead atoms. The minimum Gasteiger partial charge on any atom is -0.507 e. The van der Waals surface area contributed by atoms with Crippen LogP contribution >= 0.6 is 27.5 Å². The van der Waals surface area contributed by atoms with E-state index in [2.05, 4.69) is 15.9 Å². The summed E-state index contributed by atoms with van der Waals surface area (Å²) in [5.74, 6) is 0.109. The predicted molar refractivity (Wildman–Crippen MR) is 113 cm³/mol. The largest absolute Gasteiger partial charge is 0.507 e. The quantitative estimate of drug-likeness (QED) is 0.463. The molecule has 0 aromatic heterocycles. The Morgan fingerprint density at radius 3 is 2.75 bits per heavy atom. The second-order valence-electron chi connectivity index (χ2n) is 7.26. The fraction of sp³-hybridized carbons (Fsp3) is 0.227. The van der Waals surface area contributed by atoms with Crippen LogP contribution in [-0.2, 0) is 4.79 Å². The number of rotatable bonds is 2. The number of allylic oxidation sites excluding steroid dienone is 1. The molecule has 2 aliphatic heterocycles. The van der Waals surface area contributed by atoms with E-state index in [-0.39, 0.29) is 17.6 Å². The fourth-order valence-corrected chi connectivity index (χ4v) is 4.23. The van der Waals surface area contributed by atoms with Crippen LogP contribution in [0, 0.1) is 0 Å². The van der Waals surface area contributed by atoms with E-state index < -0.39 is 5.72 Å². The van der Waals surface area contributed by atoms with E-state index in [9.17, 15) is 9.90 Å². The average Bonchev–Trinajstić information content (AvgIpc) is 2.66. The number of benzene rings is 2. The zero-order valence-corrected chi connectivity index (χ0v) is 17.8. The molecule has 4 rings (SSSR count). The van der Waals surface area contributed by atoms with Gasteiger partial charge in [0.15, 0.2) is 5.72 Å². The smallest absolute Gasteiger partial charge is 0.256 e. The lowest BCUT2D eigenvalue weighted by Crippen LogP contribution is -2.59. The van der Waals surface area contributed by atoms with E-state index >= 15 is 0 Å². The molecule has 1 amide bonds. The van der Waals surface area contributed by atoms with Crippen molar-refractivity contribution >= 4 is 39.5 Å². The third kappa shape index (κ3) is 3.23. The van der Waals surface area contributed by atoms with Gasteiger partial charge in [-0.05, 0) is 48.9 Å². The van der Waals surface area contributed by atoms with E-state index in [4.69, 9.17) is 16.3 Å². The van der Waals surface area contributed by atoms with Gasteiger partial charge in [-0.15, -0.1) is 0 Å². The van der Waals surface area contributed by atoms with Gasteiger partial charge < -0.3 is 14.7 Å². The predicted octanol–water partition coefficient (Wildman–Crippen LogP) is 5.68. The molecule has 1 saturated heterocycles. The molecule has 28 heavy (non-hydrogen) atoms. The number of nitrogens with zero attached hydrogens (tertiary/aromatic N) is 1. The fourth-order valence-electron chi connectivity index (χ4n) is 3.79. The summed E-state index contributed by atoms with van der Waals surface area (Å²) in [6, 6.07) is 13.1. The maximum Gasteiger partial charge on any atom is 0.256 e. The van der Waals surface area contributed by atoms with Gasteiger partial charge in [-0.25, -0.2) is 0 Å². The number of carbonyl (C=O) groups excluding carboxylic acids is 1. The number of likely N-dealkylation sites (tertiary alicyclic amines) is 1. The molecule has 144 valence electrons. The number of ether oxygens (including phenoxy) is 1. The number of likely N-dealkylation sites (N-methyl/N-ethyl adjacent to an activating group) is 1. The molecule has 0 spiro atoms. The molecule has 2 heterocycles. The van der Waals surface area contributed by atoms with Crippen LogP contribution in [0.1, 0.15) is 30.4 Å². The number of amides is 1. The third-order valence-electron chi connectivity index (χ3n) is 5.43. The molecule has 0 radical (unpaired) electrons. The molecule has 2 atom stereocenters. The lowest BCUT2D eigenvalue weighted by atomic mass is 9.77. The van der Waals surface area contributed by atoms with Gasteiger partial charge in [0.05, 0.1) is 5.57 Å². The number of fused-ring (bicyclic) bond motifs is 4. The van der Waals surface area contributed by atoms with Gasteiger partial charge in [0.1, 0.15) is 11.5 Å². The first-order valence-corrected chi connectivity index (χ1v) is 10.1. The molecule has 2 aliphatic rings. The van der Waals surface area contributed by atoms with Crippen molar-refractivity contribution in [3.05, 3.63) is 80.5 Å². The van der Waals surface area contributed by atoms with Crippen LogP contribution in [0.4, 0.5) is 0 Å². The number of carbonyl (C=O) groups is 1. The lowest BCUT2D eigenvalue weighted by molar-refractivity contribution is -0.153. The Balaban J connectivity index is 1.80. The summed E-state index contributed by atoms with van der Waals surface area (Å²) in [5.41, 5.74) is 1.35. The molecule has 4 nitrogen and oxygen atoms in total. The average molecular weight is 461 g/mol. The maximum atomic E-state index is 13.1. The van der Waals surface area contributed by atoms with Gasteiger partial charge in [0.2, 0.25) is 0 Å². The molecule has 6 heteroatoms. The Morgan fingerprint density at radius 1 is 1.32 bits per heavy atom. The highest BCUT2D eigenvalue weighted by molar-refractivity contribution is 9.10. The number of hydrogen-bond acceptors (Lipinski definition) is 3. The van der Waals surface area contributed by atoms with E-state index in [1.165, 1.54) is 0 Å². The number of aliphatic hydroxyl groups excluding tert-OH is 1. The molecule has 1 fully saturated rings. The Hall–Kier alpha value is -2.24. The molecule has 0 aliphatic carbocycles. The maximum absolute atomic E-state index is 13.1. The van der Waals surface area contributed by atoms with Crippen molar-refractivity contribution in [1.29, 1.82) is 0 Å². The van der Waals surface area contributed by atoms with Crippen molar-refractivity contribution in [2.24, 2.45) is 0 Å². The van der Waals surface area contributed by atoms with Crippen molar-refractivity contribution < 1.29 is 14.6 Å². The van der Waals surface area contributed by atoms with Crippen molar-refractivity contribution in [3.8, 4) is 5.75 Å². The first kappa shape index (κ1) is 19.1. The number of aliphatic hydroxyl groups is 1. The van der Waals surface area contributed by atoms with Crippen LogP contribution in [0.5, 0.6) is 5.75 Å². The van der Waals surface area contributed by atoms with Crippen LogP contribution in [0.15, 0.2) is 64.3 Å². The Kier molecular flexibility index (Phi) is 4.76. The topological polar surface area (TPSA) is 49.8 Å². The second kappa shape index (κ2) is 6.98. The molecule has 1 N–H and O–H groups in total. The van der Waals surface area contributed by atoms with E-state index in [0.717, 1.165) is 15.6 Å². The third-order valence-corrected chi connectivity index (χ3v) is 6.20. The van der Waals surface area contributed by atoms with E-state index in [0.29, 0.717) is 22.8 Å². The summed E-state index contributed by atoms with van der Waals surface area (Å²) in [6.45, 7) is 1.89. The number of halogens is 2. The summed E-state index contributed by atoms with van der Waals surface area (Å²) < 4.78 is 7.09. The summed E-state index contributed by atoms with van der Waals surface area (Å²) in [7, 11) is 1.70. The zero-order valence-electron chi connectivity index (χ0n) is 15.4. The van der Waals surface area contributed by atoms with Gasteiger partial charge in [0.25, 0.3) is 5.91 Å². The SMILES string of the molecule is CN1C(=O)/C(=C(O)/C=C/c2ccc(Br)cc2)[C@H]2C[C@@]1(C)Oc1ccc(Cl)cc12. The minimum absolute atomic E-state index is 0.0420. The van der Waals surface area contributed by atoms with Crippen molar-refractivity contribution in [3.63, 3.8) is 0 Å². The number of piperidine rings is 1. The first-order valence-electron chi connectivity index (χ1n) is 8.92. The van der Waals surface area contributed by atoms with Crippen molar-refractivity contribution in [2.45, 2.75) is 25.0 Å². The van der Waals surface area contributed by atoms with Crippen LogP contribution in [-0.4, -0.2) is 28.7 Å². The minimum atomic E-state index is -0.762. The monoisotopic (exact) mass is 459 g/mol. The summed E-state index contributed by atoms with van der Waals surface area (Å²) in [5, 5.41) is 11.4. The highest BCUT2D eigenvalue weighted by Gasteiger charge is 2.51. The molecule has 0 saturated carbocycles. The van der Waals surface area contributed by atoms with Gasteiger partial charge in [-0.2, -0.15) is 0 Å². The van der Waals surface area contributed by atoms with E-state index in [1.807, 2.05) is 43.3 Å². The summed E-state index contributed by atoms with van der Waals surface area (Å²) >= 11 is 9.59. The highest BCUT2D eigenvalue weighted by Crippen LogP contribution is 2.50. The van der Waals surface area contributed by atoms with Gasteiger partial charge in [-0.3, -0.25) is 4.79 Å². The van der Waals surface area contributed by atoms with Crippen LogP contribution in [0.3, 0.4) is 0 Å². The lowest BCUT2D eigenvalue weighted by Gasteiger charge is -2.50. The Labute approximate surface area is 177 Å². The van der Waals surface area contributed by atoms with Crippen LogP contribution < -0.4 is 4.74 Å². The summed E-state index contributed by atoms with van der Waals surface area (Å²) in [6.07, 6.45) is 3.91. The highest BCUT2D eigenvalue weighted by atomic mass is 79.9. The van der Waals surface area contributed by atoms with Crippen LogP contribution in [0.2, 0.25) is 5.02 Å². The summed E-state index contributed by atoms with van der Waals surface area (Å²) in [4.78, 5) is 14.6. The Morgan fingerprint density at radius 2 is 2.04 bits per heavy atom. The standard InChI is InChI=1S/C22H19BrClNO3/c1-22-12-17(16-11-15(24)8-10-19(16)28-22)20(21(27)25(22)2)18(26)9-5-13-3-6-14(23)7-4-13/h3-11,17,26H,12H2,1-2H3/b9-5+,20-18-/t17-,22+/m0/s1. The Bertz CT molecular complexity index is 1010. The molecular formula is C22H19BrClNO3. The first-order chi connectivity index (χ1) is 13.3. The van der Waals surface area contributed by atoms with Crippen LogP contribution in [0.25, 0.3) is 6.08 Å². The van der Waals surface area contributed by atoms with E-state index in [1.54, 1.807) is 30.2 Å². The van der Waals surface area contributed by atoms with Gasteiger partial charge >= 0.3 is 0 Å². The molecule has 0 unspecified atom stereocenters. The molecular weight excluding hydrogens is 442 g/mol. The van der Waals surface area contributed by atoms with Crippen molar-refractivity contribution in [2.75, 3.05) is 7.05 Å². The second-order valence-corrected chi connectivity index (χ2v) is 8.62. The normalized spacial score (nSPS) is 25.5. The van der Waals surface area contributed by atoms with Crippen molar-refractivity contribution in [1.82, 2.24) is 4.90 Å². The molecule has 2 aromatic carbocycles. The number of hydrogen-bond donors (Lipinski definition) is 1. The van der Waals surface area contributed by atoms with Gasteiger partial charge in [-0.1, -0.05) is 45.7 Å².